The highest BCUT2D eigenvalue weighted by Crippen LogP contribution is 2.36. The Labute approximate surface area is 174 Å². The Morgan fingerprint density at radius 1 is 0.933 bits per heavy atom. The quantitative estimate of drug-likeness (QED) is 0.674. The zero-order valence-corrected chi connectivity index (χ0v) is 16.6. The first-order chi connectivity index (χ1) is 14.6. The third kappa shape index (κ3) is 3.11. The molecule has 30 heavy (non-hydrogen) atoms. The maximum atomic E-state index is 13.4. The SMILES string of the molecule is O=C(NC1(C(=O)O)Cc2ccccc2C1)c1ccc2ccccc2c1OC1CCC1. The van der Waals surface area contributed by atoms with Crippen LogP contribution in [0.3, 0.4) is 0 Å². The molecule has 5 nitrogen and oxygen atoms in total. The number of hydrogen-bond acceptors (Lipinski definition) is 3. The van der Waals surface area contributed by atoms with Crippen LogP contribution < -0.4 is 10.1 Å². The van der Waals surface area contributed by atoms with Gasteiger partial charge in [0, 0.05) is 18.2 Å². The van der Waals surface area contributed by atoms with Gasteiger partial charge in [-0.15, -0.1) is 0 Å². The molecule has 0 aliphatic heterocycles. The lowest BCUT2D eigenvalue weighted by atomic mass is 9.94. The van der Waals surface area contributed by atoms with Gasteiger partial charge in [-0.25, -0.2) is 4.79 Å². The Balaban J connectivity index is 1.51. The van der Waals surface area contributed by atoms with E-state index in [4.69, 9.17) is 4.74 Å². The highest BCUT2D eigenvalue weighted by Gasteiger charge is 2.45. The van der Waals surface area contributed by atoms with E-state index in [0.717, 1.165) is 41.2 Å². The zero-order chi connectivity index (χ0) is 20.7. The maximum Gasteiger partial charge on any atom is 0.330 e. The number of fused-ring (bicyclic) bond motifs is 2. The molecule has 0 saturated heterocycles. The molecule has 5 rings (SSSR count). The largest absolute Gasteiger partial charge is 0.489 e. The lowest BCUT2D eigenvalue weighted by Gasteiger charge is -2.29. The second kappa shape index (κ2) is 7.17. The van der Waals surface area contributed by atoms with Gasteiger partial charge in [0.1, 0.15) is 11.3 Å². The number of carboxylic acids is 1. The first-order valence-electron chi connectivity index (χ1n) is 10.4. The summed E-state index contributed by atoms with van der Waals surface area (Å²) >= 11 is 0. The van der Waals surface area contributed by atoms with E-state index >= 15 is 0 Å². The number of nitrogens with one attached hydrogen (secondary N) is 1. The summed E-state index contributed by atoms with van der Waals surface area (Å²) < 4.78 is 6.23. The molecule has 2 aliphatic carbocycles. The van der Waals surface area contributed by atoms with Crippen molar-refractivity contribution in [2.45, 2.75) is 43.7 Å². The van der Waals surface area contributed by atoms with Gasteiger partial charge in [-0.1, -0.05) is 54.6 Å². The first kappa shape index (κ1) is 18.7. The number of hydrogen-bond donors (Lipinski definition) is 2. The fourth-order valence-electron chi connectivity index (χ4n) is 4.40. The minimum absolute atomic E-state index is 0.103. The Morgan fingerprint density at radius 3 is 2.23 bits per heavy atom. The molecule has 0 aromatic heterocycles. The summed E-state index contributed by atoms with van der Waals surface area (Å²) in [6.45, 7) is 0. The number of benzene rings is 3. The summed E-state index contributed by atoms with van der Waals surface area (Å²) in [5.41, 5.74) is 0.964. The molecule has 1 fully saturated rings. The molecule has 2 N–H and O–H groups in total. The van der Waals surface area contributed by atoms with Crippen LogP contribution >= 0.6 is 0 Å². The summed E-state index contributed by atoms with van der Waals surface area (Å²) in [5.74, 6) is -0.883. The van der Waals surface area contributed by atoms with Crippen molar-refractivity contribution >= 4 is 22.6 Å². The Bertz CT molecular complexity index is 1120. The van der Waals surface area contributed by atoms with Crippen LogP contribution in [0.25, 0.3) is 10.8 Å². The molecular weight excluding hydrogens is 378 g/mol. The normalized spacial score (nSPS) is 17.2. The Kier molecular flexibility index (Phi) is 4.46. The van der Waals surface area contributed by atoms with E-state index in [1.807, 2.05) is 54.6 Å². The van der Waals surface area contributed by atoms with E-state index in [1.54, 1.807) is 6.07 Å². The Morgan fingerprint density at radius 2 is 1.60 bits per heavy atom. The van der Waals surface area contributed by atoms with Crippen LogP contribution in [-0.2, 0) is 17.6 Å². The van der Waals surface area contributed by atoms with Gasteiger partial charge < -0.3 is 15.2 Å². The average molecular weight is 401 g/mol. The van der Waals surface area contributed by atoms with Gasteiger partial charge in [0.15, 0.2) is 0 Å². The van der Waals surface area contributed by atoms with Crippen LogP contribution in [0.5, 0.6) is 5.75 Å². The van der Waals surface area contributed by atoms with Crippen LogP contribution in [-0.4, -0.2) is 28.6 Å². The van der Waals surface area contributed by atoms with Crippen LogP contribution in [0.2, 0.25) is 0 Å². The maximum absolute atomic E-state index is 13.4. The van der Waals surface area contributed by atoms with Gasteiger partial charge in [-0.3, -0.25) is 4.79 Å². The minimum Gasteiger partial charge on any atom is -0.489 e. The molecule has 2 aliphatic rings. The van der Waals surface area contributed by atoms with Crippen molar-refractivity contribution in [2.75, 3.05) is 0 Å². The van der Waals surface area contributed by atoms with Crippen LogP contribution in [0, 0.1) is 0 Å². The Hall–Kier alpha value is -3.34. The van der Waals surface area contributed by atoms with E-state index in [2.05, 4.69) is 5.32 Å². The van der Waals surface area contributed by atoms with E-state index in [9.17, 15) is 14.7 Å². The molecule has 0 heterocycles. The van der Waals surface area contributed by atoms with Crippen LogP contribution in [0.1, 0.15) is 40.7 Å². The first-order valence-corrected chi connectivity index (χ1v) is 10.4. The third-order valence-electron chi connectivity index (χ3n) is 6.33. The summed E-state index contributed by atoms with van der Waals surface area (Å²) in [7, 11) is 0. The van der Waals surface area contributed by atoms with Gasteiger partial charge in [0.2, 0.25) is 0 Å². The monoisotopic (exact) mass is 401 g/mol. The second-order valence-corrected chi connectivity index (χ2v) is 8.30. The minimum atomic E-state index is -1.35. The second-order valence-electron chi connectivity index (χ2n) is 8.30. The molecule has 3 aromatic carbocycles. The molecule has 3 aromatic rings. The highest BCUT2D eigenvalue weighted by atomic mass is 16.5. The number of carboxylic acid groups (broad SMARTS) is 1. The van der Waals surface area contributed by atoms with Gasteiger partial charge in [0.05, 0.1) is 11.7 Å². The van der Waals surface area contributed by atoms with Crippen LogP contribution in [0.4, 0.5) is 0 Å². The molecule has 1 saturated carbocycles. The molecule has 152 valence electrons. The third-order valence-corrected chi connectivity index (χ3v) is 6.33. The average Bonchev–Trinajstić information content (AvgIpc) is 3.10. The lowest BCUT2D eigenvalue weighted by Crippen LogP contribution is -2.55. The predicted octanol–water partition coefficient (Wildman–Crippen LogP) is 4.12. The smallest absolute Gasteiger partial charge is 0.330 e. The summed E-state index contributed by atoms with van der Waals surface area (Å²) in [6, 6.07) is 19.1. The lowest BCUT2D eigenvalue weighted by molar-refractivity contribution is -0.144. The fraction of sp³-hybridized carbons (Fsp3) is 0.280. The summed E-state index contributed by atoms with van der Waals surface area (Å²) in [6.07, 6.45) is 3.72. The van der Waals surface area contributed by atoms with Crippen molar-refractivity contribution in [3.8, 4) is 5.75 Å². The highest BCUT2D eigenvalue weighted by molar-refractivity contribution is 6.05. The van der Waals surface area contributed by atoms with E-state index in [1.165, 1.54) is 0 Å². The van der Waals surface area contributed by atoms with Gasteiger partial charge in [-0.2, -0.15) is 0 Å². The summed E-state index contributed by atoms with van der Waals surface area (Å²) in [4.78, 5) is 25.6. The zero-order valence-electron chi connectivity index (χ0n) is 16.6. The van der Waals surface area contributed by atoms with Crippen molar-refractivity contribution < 1.29 is 19.4 Å². The van der Waals surface area contributed by atoms with Gasteiger partial charge in [0.25, 0.3) is 5.91 Å². The number of rotatable bonds is 5. The van der Waals surface area contributed by atoms with Crippen LogP contribution in [0.15, 0.2) is 60.7 Å². The van der Waals surface area contributed by atoms with Crippen molar-refractivity contribution in [1.29, 1.82) is 0 Å². The van der Waals surface area contributed by atoms with Crippen molar-refractivity contribution in [3.63, 3.8) is 0 Å². The van der Waals surface area contributed by atoms with Crippen molar-refractivity contribution in [3.05, 3.63) is 77.4 Å². The molecule has 0 atom stereocenters. The summed E-state index contributed by atoms with van der Waals surface area (Å²) in [5, 5.41) is 14.7. The number of aliphatic carboxylic acids is 1. The van der Waals surface area contributed by atoms with Crippen molar-refractivity contribution in [1.82, 2.24) is 5.32 Å². The van der Waals surface area contributed by atoms with E-state index in [0.29, 0.717) is 11.3 Å². The number of carbonyl (C=O) groups excluding carboxylic acids is 1. The molecule has 0 unspecified atom stereocenters. The topological polar surface area (TPSA) is 75.6 Å². The molecule has 0 radical (unpaired) electrons. The molecule has 0 bridgehead atoms. The van der Waals surface area contributed by atoms with Gasteiger partial charge in [-0.05, 0) is 41.8 Å². The molecule has 1 amide bonds. The predicted molar refractivity (Wildman–Crippen MR) is 114 cm³/mol. The molecule has 0 spiro atoms. The molecule has 5 heteroatoms. The van der Waals surface area contributed by atoms with E-state index in [-0.39, 0.29) is 18.9 Å². The van der Waals surface area contributed by atoms with Gasteiger partial charge >= 0.3 is 5.97 Å². The number of carbonyl (C=O) groups is 2. The number of ether oxygens (including phenoxy) is 1. The van der Waals surface area contributed by atoms with E-state index < -0.39 is 17.4 Å². The molecular formula is C25H23NO4. The van der Waals surface area contributed by atoms with Crippen molar-refractivity contribution in [2.24, 2.45) is 0 Å². The number of amides is 1. The standard InChI is InChI=1S/C25H23NO4/c27-23(26-25(24(28)29)14-17-7-1-2-8-18(17)15-25)21-13-12-16-6-3-4-11-20(16)22(21)30-19-9-5-10-19/h1-4,6-8,11-13,19H,5,9-10,14-15H2,(H,26,27)(H,28,29). The fourth-order valence-corrected chi connectivity index (χ4v) is 4.40.